The van der Waals surface area contributed by atoms with Gasteiger partial charge in [0.15, 0.2) is 0 Å². The van der Waals surface area contributed by atoms with Crippen LogP contribution in [0.5, 0.6) is 0 Å². The maximum Gasteiger partial charge on any atom is 0.433 e. The second kappa shape index (κ2) is 5.98. The van der Waals surface area contributed by atoms with Gasteiger partial charge in [-0.15, -0.1) is 0 Å². The Morgan fingerprint density at radius 1 is 1.11 bits per heavy atom. The highest BCUT2D eigenvalue weighted by Crippen LogP contribution is 2.40. The highest BCUT2D eigenvalue weighted by molar-refractivity contribution is 5.89. The normalized spacial score (nSPS) is 21.7. The van der Waals surface area contributed by atoms with Crippen molar-refractivity contribution < 1.29 is 13.2 Å². The van der Waals surface area contributed by atoms with Crippen LogP contribution in [0.15, 0.2) is 30.9 Å². The first-order valence-corrected chi connectivity index (χ1v) is 8.91. The highest BCUT2D eigenvalue weighted by Gasteiger charge is 2.46. The molecule has 0 aliphatic carbocycles. The molecule has 6 heterocycles. The molecule has 0 amide bonds. The number of rotatable bonds is 2. The molecule has 0 radical (unpaired) electrons. The number of aryl methyl sites for hydroxylation is 1. The first-order valence-electron chi connectivity index (χ1n) is 8.91. The molecule has 6 rings (SSSR count). The monoisotopic (exact) mass is 387 g/mol. The van der Waals surface area contributed by atoms with Crippen LogP contribution < -0.4 is 9.80 Å². The van der Waals surface area contributed by atoms with E-state index in [1.807, 2.05) is 17.9 Å². The van der Waals surface area contributed by atoms with Crippen molar-refractivity contribution in [2.45, 2.75) is 31.6 Å². The summed E-state index contributed by atoms with van der Waals surface area (Å²) in [5.41, 5.74) is -0.129. The Kier molecular flexibility index (Phi) is 3.65. The van der Waals surface area contributed by atoms with Gasteiger partial charge in [-0.2, -0.15) is 13.2 Å². The quantitative estimate of drug-likeness (QED) is 0.669. The summed E-state index contributed by atoms with van der Waals surface area (Å²) in [6, 6.07) is 3.24. The topological polar surface area (TPSA) is 70.9 Å². The summed E-state index contributed by atoms with van der Waals surface area (Å²) in [5.74, 6) is 1.84. The van der Waals surface area contributed by atoms with E-state index in [1.54, 1.807) is 12.4 Å². The second-order valence-electron chi connectivity index (χ2n) is 7.10. The Morgan fingerprint density at radius 2 is 1.89 bits per heavy atom. The van der Waals surface area contributed by atoms with Crippen LogP contribution in [0.25, 0.3) is 10.9 Å². The molecule has 0 N–H and O–H groups in total. The summed E-state index contributed by atoms with van der Waals surface area (Å²) in [5, 5.41) is 0.935. The van der Waals surface area contributed by atoms with Crippen molar-refractivity contribution in [1.29, 1.82) is 0 Å². The molecule has 3 aromatic rings. The SMILES string of the molecule is Cc1nc(N2C3CC2CN(c2cc(C(F)(F)F)ncn2)C3)c2ccncc2n1. The molecule has 3 aliphatic rings. The Morgan fingerprint density at radius 3 is 2.64 bits per heavy atom. The molecule has 2 bridgehead atoms. The summed E-state index contributed by atoms with van der Waals surface area (Å²) in [6.45, 7) is 3.01. The lowest BCUT2D eigenvalue weighted by molar-refractivity contribution is -0.141. The van der Waals surface area contributed by atoms with E-state index < -0.39 is 11.9 Å². The van der Waals surface area contributed by atoms with E-state index in [-0.39, 0.29) is 12.1 Å². The van der Waals surface area contributed by atoms with Crippen molar-refractivity contribution >= 4 is 22.5 Å². The van der Waals surface area contributed by atoms with E-state index in [2.05, 4.69) is 29.8 Å². The molecule has 0 aromatic carbocycles. The minimum atomic E-state index is -4.48. The van der Waals surface area contributed by atoms with Crippen LogP contribution in [-0.4, -0.2) is 50.1 Å². The molecule has 3 fully saturated rings. The molecule has 144 valence electrons. The van der Waals surface area contributed by atoms with Gasteiger partial charge in [-0.1, -0.05) is 0 Å². The molecule has 7 nitrogen and oxygen atoms in total. The zero-order valence-corrected chi connectivity index (χ0v) is 14.9. The van der Waals surface area contributed by atoms with Gasteiger partial charge in [0.25, 0.3) is 0 Å². The van der Waals surface area contributed by atoms with Crippen molar-refractivity contribution in [1.82, 2.24) is 24.9 Å². The van der Waals surface area contributed by atoms with Crippen LogP contribution in [0.2, 0.25) is 0 Å². The Bertz CT molecular complexity index is 1040. The van der Waals surface area contributed by atoms with E-state index in [1.165, 1.54) is 0 Å². The molecule has 3 saturated heterocycles. The molecular weight excluding hydrogens is 371 g/mol. The first kappa shape index (κ1) is 17.1. The minimum absolute atomic E-state index is 0.161. The zero-order valence-electron chi connectivity index (χ0n) is 14.9. The molecule has 10 heteroatoms. The van der Waals surface area contributed by atoms with Crippen LogP contribution in [-0.2, 0) is 6.18 Å². The van der Waals surface area contributed by atoms with Gasteiger partial charge in [0, 0.05) is 30.7 Å². The molecule has 28 heavy (non-hydrogen) atoms. The summed E-state index contributed by atoms with van der Waals surface area (Å²) < 4.78 is 38.9. The third kappa shape index (κ3) is 2.71. The third-order valence-electron chi connectivity index (χ3n) is 5.30. The highest BCUT2D eigenvalue weighted by atomic mass is 19.4. The molecule has 3 aromatic heterocycles. The zero-order chi connectivity index (χ0) is 19.5. The van der Waals surface area contributed by atoms with Gasteiger partial charge >= 0.3 is 6.18 Å². The van der Waals surface area contributed by atoms with Gasteiger partial charge in [0.05, 0.1) is 23.8 Å². The average molecular weight is 387 g/mol. The Labute approximate surface area is 158 Å². The molecule has 0 saturated carbocycles. The fourth-order valence-corrected chi connectivity index (χ4v) is 4.09. The summed E-state index contributed by atoms with van der Waals surface area (Å²) in [4.78, 5) is 24.7. The summed E-state index contributed by atoms with van der Waals surface area (Å²) in [7, 11) is 0. The van der Waals surface area contributed by atoms with E-state index in [9.17, 15) is 13.2 Å². The van der Waals surface area contributed by atoms with Gasteiger partial charge < -0.3 is 9.80 Å². The summed E-state index contributed by atoms with van der Waals surface area (Å²) in [6.07, 6.45) is 0.905. The number of piperidine rings is 1. The number of fused-ring (bicyclic) bond motifs is 3. The average Bonchev–Trinajstić information content (AvgIpc) is 2.67. The fraction of sp³-hybridized carbons (Fsp3) is 0.389. The van der Waals surface area contributed by atoms with Gasteiger partial charge in [0.1, 0.15) is 29.5 Å². The Hall–Kier alpha value is -3.04. The van der Waals surface area contributed by atoms with Crippen molar-refractivity contribution in [2.75, 3.05) is 22.9 Å². The Balaban J connectivity index is 1.43. The standard InChI is InChI=1S/C18H16F3N7/c1-10-25-14-6-22-3-2-13(14)17(26-10)28-11-4-12(28)8-27(7-11)16-5-15(18(19,20)21)23-9-24-16/h2-3,5-6,9,11-12H,4,7-8H2,1H3. The molecule has 2 atom stereocenters. The number of nitrogens with zero attached hydrogens (tertiary/aromatic N) is 7. The number of aromatic nitrogens is 5. The van der Waals surface area contributed by atoms with Crippen molar-refractivity contribution in [2.24, 2.45) is 0 Å². The van der Waals surface area contributed by atoms with E-state index in [0.29, 0.717) is 24.7 Å². The van der Waals surface area contributed by atoms with Gasteiger partial charge in [-0.05, 0) is 19.4 Å². The first-order chi connectivity index (χ1) is 13.4. The van der Waals surface area contributed by atoms with Crippen molar-refractivity contribution in [3.05, 3.63) is 42.4 Å². The smallest absolute Gasteiger partial charge is 0.352 e. The minimum Gasteiger partial charge on any atom is -0.352 e. The lowest BCUT2D eigenvalue weighted by Crippen LogP contribution is -2.69. The van der Waals surface area contributed by atoms with Crippen LogP contribution in [0.4, 0.5) is 24.8 Å². The van der Waals surface area contributed by atoms with E-state index >= 15 is 0 Å². The number of hydrogen-bond donors (Lipinski definition) is 0. The predicted molar refractivity (Wildman–Crippen MR) is 96.0 cm³/mol. The van der Waals surface area contributed by atoms with Crippen molar-refractivity contribution in [3.8, 4) is 0 Å². The fourth-order valence-electron chi connectivity index (χ4n) is 4.09. The van der Waals surface area contributed by atoms with E-state index in [4.69, 9.17) is 0 Å². The second-order valence-corrected chi connectivity index (χ2v) is 7.10. The predicted octanol–water partition coefficient (Wildman–Crippen LogP) is 2.61. The third-order valence-corrected chi connectivity index (χ3v) is 5.30. The molecule has 3 aliphatic heterocycles. The van der Waals surface area contributed by atoms with Crippen LogP contribution in [0, 0.1) is 6.92 Å². The lowest BCUT2D eigenvalue weighted by Gasteiger charge is -2.57. The molecule has 0 spiro atoms. The van der Waals surface area contributed by atoms with Gasteiger partial charge in [-0.25, -0.2) is 19.9 Å². The number of halogens is 3. The van der Waals surface area contributed by atoms with Crippen LogP contribution in [0.3, 0.4) is 0 Å². The van der Waals surface area contributed by atoms with E-state index in [0.717, 1.165) is 35.5 Å². The maximum absolute atomic E-state index is 13.0. The van der Waals surface area contributed by atoms with Gasteiger partial charge in [-0.3, -0.25) is 4.98 Å². The lowest BCUT2D eigenvalue weighted by atomic mass is 9.87. The number of piperazine rings is 1. The molecular formula is C18H16F3N7. The van der Waals surface area contributed by atoms with Crippen LogP contribution in [0.1, 0.15) is 17.9 Å². The maximum atomic E-state index is 13.0. The van der Waals surface area contributed by atoms with Crippen molar-refractivity contribution in [3.63, 3.8) is 0 Å². The number of hydrogen-bond acceptors (Lipinski definition) is 7. The number of anilines is 2. The largest absolute Gasteiger partial charge is 0.433 e. The number of pyridine rings is 1. The summed E-state index contributed by atoms with van der Waals surface area (Å²) >= 11 is 0. The van der Waals surface area contributed by atoms with Crippen LogP contribution >= 0.6 is 0 Å². The molecule has 2 unspecified atom stereocenters. The van der Waals surface area contributed by atoms with Gasteiger partial charge in [0.2, 0.25) is 0 Å². The number of alkyl halides is 3.